The maximum absolute atomic E-state index is 5.15. The highest BCUT2D eigenvalue weighted by Crippen LogP contribution is 1.87. The van der Waals surface area contributed by atoms with Crippen LogP contribution in [-0.2, 0) is 4.74 Å². The lowest BCUT2D eigenvalue weighted by Crippen LogP contribution is -2.15. The molecule has 0 saturated carbocycles. The Hall–Kier alpha value is -0.660. The highest BCUT2D eigenvalue weighted by Gasteiger charge is 1.86. The van der Waals surface area contributed by atoms with Crippen LogP contribution in [0, 0.1) is 0 Å². The summed E-state index contributed by atoms with van der Waals surface area (Å²) in [6.07, 6.45) is 3.78. The molecule has 2 nitrogen and oxygen atoms in total. The van der Waals surface area contributed by atoms with Gasteiger partial charge in [-0.1, -0.05) is 0 Å². The molecule has 0 aliphatic heterocycles. The van der Waals surface area contributed by atoms with Gasteiger partial charge >= 0.3 is 0 Å². The number of ether oxygens (including phenoxy) is 1. The van der Waals surface area contributed by atoms with Crippen molar-refractivity contribution in [3.8, 4) is 0 Å². The van der Waals surface area contributed by atoms with Gasteiger partial charge in [-0.05, 0) is 27.7 Å². The maximum atomic E-state index is 5.15. The molecule has 0 aliphatic rings. The van der Waals surface area contributed by atoms with Gasteiger partial charge < -0.3 is 10.1 Å². The van der Waals surface area contributed by atoms with Crippen LogP contribution in [0.1, 0.15) is 27.7 Å². The van der Waals surface area contributed by atoms with Crippen LogP contribution in [0.2, 0.25) is 0 Å². The van der Waals surface area contributed by atoms with Crippen LogP contribution < -0.4 is 5.32 Å². The second kappa shape index (κ2) is 5.15. The average Bonchev–Trinajstić information content (AvgIpc) is 1.79. The molecule has 1 N–H and O–H groups in total. The molecule has 0 spiro atoms. The molecular formula is C8H17NO. The second-order valence-corrected chi connectivity index (χ2v) is 2.81. The predicted molar refractivity (Wildman–Crippen MR) is 43.6 cm³/mol. The van der Waals surface area contributed by atoms with Gasteiger partial charge in [0.25, 0.3) is 0 Å². The van der Waals surface area contributed by atoms with Crippen molar-refractivity contribution >= 4 is 0 Å². The Labute approximate surface area is 63.3 Å². The van der Waals surface area contributed by atoms with Gasteiger partial charge in [-0.15, -0.1) is 0 Å². The molecule has 0 amide bonds. The van der Waals surface area contributed by atoms with E-state index < -0.39 is 0 Å². The zero-order valence-corrected chi connectivity index (χ0v) is 7.22. The van der Waals surface area contributed by atoms with Crippen LogP contribution in [-0.4, -0.2) is 12.1 Å². The fraction of sp³-hybridized carbons (Fsp3) is 0.750. The molecule has 0 aromatic carbocycles. The van der Waals surface area contributed by atoms with E-state index in [-0.39, 0.29) is 6.10 Å². The smallest absolute Gasteiger partial charge is 0.0989 e. The molecule has 0 bridgehead atoms. The van der Waals surface area contributed by atoms with Gasteiger partial charge in [0.1, 0.15) is 0 Å². The van der Waals surface area contributed by atoms with Crippen LogP contribution in [0.15, 0.2) is 12.5 Å². The molecule has 0 fully saturated rings. The van der Waals surface area contributed by atoms with E-state index in [4.69, 9.17) is 4.74 Å². The Kier molecular flexibility index (Phi) is 4.81. The first kappa shape index (κ1) is 9.34. The Morgan fingerprint density at radius 2 is 1.80 bits per heavy atom. The molecular weight excluding hydrogens is 126 g/mol. The van der Waals surface area contributed by atoms with Gasteiger partial charge in [0.05, 0.1) is 12.4 Å². The van der Waals surface area contributed by atoms with Crippen molar-refractivity contribution in [2.24, 2.45) is 0 Å². The minimum Gasteiger partial charge on any atom is -0.497 e. The summed E-state index contributed by atoms with van der Waals surface area (Å²) in [7, 11) is 0. The summed E-state index contributed by atoms with van der Waals surface area (Å²) in [4.78, 5) is 0. The third-order valence-electron chi connectivity index (χ3n) is 0.848. The van der Waals surface area contributed by atoms with Gasteiger partial charge in [0.2, 0.25) is 0 Å². The van der Waals surface area contributed by atoms with Crippen molar-refractivity contribution in [3.05, 3.63) is 12.5 Å². The summed E-state index contributed by atoms with van der Waals surface area (Å²) >= 11 is 0. The minimum absolute atomic E-state index is 0.269. The Balaban J connectivity index is 3.20. The molecule has 10 heavy (non-hydrogen) atoms. The summed E-state index contributed by atoms with van der Waals surface area (Å²) in [5, 5.41) is 3.10. The highest BCUT2D eigenvalue weighted by atomic mass is 16.5. The molecule has 0 heterocycles. The SMILES string of the molecule is CC(C)NC=COC(C)C. The predicted octanol–water partition coefficient (Wildman–Crippen LogP) is 1.88. The molecule has 60 valence electrons. The molecule has 0 atom stereocenters. The van der Waals surface area contributed by atoms with Crippen molar-refractivity contribution in [3.63, 3.8) is 0 Å². The Morgan fingerprint density at radius 1 is 1.20 bits per heavy atom. The van der Waals surface area contributed by atoms with Crippen LogP contribution in [0.5, 0.6) is 0 Å². The van der Waals surface area contributed by atoms with Crippen molar-refractivity contribution < 1.29 is 4.74 Å². The van der Waals surface area contributed by atoms with Gasteiger partial charge in [0.15, 0.2) is 0 Å². The third-order valence-corrected chi connectivity index (χ3v) is 0.848. The van der Waals surface area contributed by atoms with Crippen molar-refractivity contribution in [2.75, 3.05) is 0 Å². The van der Waals surface area contributed by atoms with Gasteiger partial charge in [-0.2, -0.15) is 0 Å². The zero-order chi connectivity index (χ0) is 7.98. The van der Waals surface area contributed by atoms with E-state index in [9.17, 15) is 0 Å². The standard InChI is InChI=1S/C8H17NO/c1-7(2)9-5-6-10-8(3)4/h5-9H,1-4H3. The first-order valence-corrected chi connectivity index (χ1v) is 3.69. The van der Waals surface area contributed by atoms with Gasteiger partial charge in [0, 0.05) is 12.2 Å². The molecule has 0 rings (SSSR count). The lowest BCUT2D eigenvalue weighted by molar-refractivity contribution is 0.178. The molecule has 0 unspecified atom stereocenters. The van der Waals surface area contributed by atoms with Crippen molar-refractivity contribution in [2.45, 2.75) is 39.8 Å². The molecule has 0 radical (unpaired) electrons. The first-order chi connectivity index (χ1) is 4.63. The largest absolute Gasteiger partial charge is 0.497 e. The fourth-order valence-corrected chi connectivity index (χ4v) is 0.428. The van der Waals surface area contributed by atoms with E-state index in [1.165, 1.54) is 0 Å². The summed E-state index contributed by atoms with van der Waals surface area (Å²) in [5.74, 6) is 0. The van der Waals surface area contributed by atoms with Crippen LogP contribution >= 0.6 is 0 Å². The normalized spacial score (nSPS) is 11.4. The molecule has 0 aliphatic carbocycles. The minimum atomic E-state index is 0.269. The molecule has 0 aromatic rings. The average molecular weight is 143 g/mol. The Morgan fingerprint density at radius 3 is 2.20 bits per heavy atom. The van der Waals surface area contributed by atoms with E-state index in [1.807, 2.05) is 20.0 Å². The lowest BCUT2D eigenvalue weighted by atomic mass is 10.4. The van der Waals surface area contributed by atoms with E-state index in [1.54, 1.807) is 6.26 Å². The van der Waals surface area contributed by atoms with E-state index >= 15 is 0 Å². The summed E-state index contributed by atoms with van der Waals surface area (Å²) in [6, 6.07) is 0.479. The third kappa shape index (κ3) is 7.34. The van der Waals surface area contributed by atoms with Crippen LogP contribution in [0.3, 0.4) is 0 Å². The number of hydrogen-bond donors (Lipinski definition) is 1. The molecule has 0 saturated heterocycles. The van der Waals surface area contributed by atoms with Crippen LogP contribution in [0.4, 0.5) is 0 Å². The van der Waals surface area contributed by atoms with Gasteiger partial charge in [-0.3, -0.25) is 0 Å². The zero-order valence-electron chi connectivity index (χ0n) is 7.22. The number of hydrogen-bond acceptors (Lipinski definition) is 2. The monoisotopic (exact) mass is 143 g/mol. The second-order valence-electron chi connectivity index (χ2n) is 2.81. The van der Waals surface area contributed by atoms with Crippen LogP contribution in [0.25, 0.3) is 0 Å². The van der Waals surface area contributed by atoms with E-state index in [2.05, 4.69) is 19.2 Å². The quantitative estimate of drug-likeness (QED) is 0.607. The number of nitrogens with one attached hydrogen (secondary N) is 1. The fourth-order valence-electron chi connectivity index (χ4n) is 0.428. The van der Waals surface area contributed by atoms with E-state index in [0.29, 0.717) is 6.04 Å². The summed E-state index contributed by atoms with van der Waals surface area (Å²) in [5.41, 5.74) is 0. The highest BCUT2D eigenvalue weighted by molar-refractivity contribution is 4.73. The summed E-state index contributed by atoms with van der Waals surface area (Å²) in [6.45, 7) is 8.17. The molecule has 0 aromatic heterocycles. The van der Waals surface area contributed by atoms with Gasteiger partial charge in [-0.25, -0.2) is 0 Å². The van der Waals surface area contributed by atoms with E-state index in [0.717, 1.165) is 0 Å². The van der Waals surface area contributed by atoms with Crippen molar-refractivity contribution in [1.82, 2.24) is 5.32 Å². The number of rotatable bonds is 4. The molecule has 2 heteroatoms. The topological polar surface area (TPSA) is 21.3 Å². The maximum Gasteiger partial charge on any atom is 0.0989 e. The Bertz CT molecular complexity index is 85.4. The first-order valence-electron chi connectivity index (χ1n) is 3.69. The van der Waals surface area contributed by atoms with Crippen molar-refractivity contribution in [1.29, 1.82) is 0 Å². The lowest BCUT2D eigenvalue weighted by Gasteiger charge is -2.05. The summed E-state index contributed by atoms with van der Waals surface area (Å²) < 4.78 is 5.15.